The number of rotatable bonds is 5. The van der Waals surface area contributed by atoms with Gasteiger partial charge in [-0.3, -0.25) is 14.5 Å². The van der Waals surface area contributed by atoms with Crippen LogP contribution in [0.2, 0.25) is 0 Å². The Labute approximate surface area is 208 Å². The number of aliphatic hydroxyl groups is 1. The number of anilines is 1. The zero-order chi connectivity index (χ0) is 26.3. The Morgan fingerprint density at radius 1 is 1.03 bits per heavy atom. The highest BCUT2D eigenvalue weighted by molar-refractivity contribution is 6.51. The number of Topliss-reactive ketones (excluding diaryl/α,β-unsaturated/α-hetero) is 1. The minimum atomic E-state index is -1.12. The summed E-state index contributed by atoms with van der Waals surface area (Å²) >= 11 is 0. The lowest BCUT2D eigenvalue weighted by atomic mass is 9.90. The second kappa shape index (κ2) is 9.57. The summed E-state index contributed by atoms with van der Waals surface area (Å²) in [5.74, 6) is -3.44. The Kier molecular flexibility index (Phi) is 6.67. The van der Waals surface area contributed by atoms with Crippen molar-refractivity contribution in [3.05, 3.63) is 99.6 Å². The average Bonchev–Trinajstić information content (AvgIpc) is 3.08. The van der Waals surface area contributed by atoms with E-state index < -0.39 is 29.4 Å². The van der Waals surface area contributed by atoms with Crippen molar-refractivity contribution in [2.75, 3.05) is 12.0 Å². The highest BCUT2D eigenvalue weighted by Crippen LogP contribution is 2.44. The fourth-order valence-corrected chi connectivity index (χ4v) is 4.64. The van der Waals surface area contributed by atoms with Crippen LogP contribution in [0.1, 0.15) is 53.6 Å². The highest BCUT2D eigenvalue weighted by Gasteiger charge is 2.48. The molecule has 1 heterocycles. The molecule has 1 fully saturated rings. The van der Waals surface area contributed by atoms with Crippen LogP contribution in [0.15, 0.2) is 60.2 Å². The van der Waals surface area contributed by atoms with Gasteiger partial charge in [0.2, 0.25) is 0 Å². The van der Waals surface area contributed by atoms with Gasteiger partial charge in [0.25, 0.3) is 11.7 Å². The zero-order valence-electron chi connectivity index (χ0n) is 20.7. The van der Waals surface area contributed by atoms with Crippen LogP contribution >= 0.6 is 0 Å². The van der Waals surface area contributed by atoms with Crippen LogP contribution in [0.5, 0.6) is 5.75 Å². The van der Waals surface area contributed by atoms with Gasteiger partial charge in [-0.25, -0.2) is 8.78 Å². The summed E-state index contributed by atoms with van der Waals surface area (Å²) in [6.45, 7) is 7.55. The second-order valence-corrected chi connectivity index (χ2v) is 9.24. The molecule has 5 nitrogen and oxygen atoms in total. The maximum Gasteiger partial charge on any atom is 0.300 e. The number of aliphatic hydroxyl groups excluding tert-OH is 1. The van der Waals surface area contributed by atoms with E-state index in [9.17, 15) is 23.5 Å². The van der Waals surface area contributed by atoms with E-state index in [1.165, 1.54) is 0 Å². The number of amides is 1. The highest BCUT2D eigenvalue weighted by atomic mass is 19.1. The molecule has 1 atom stereocenters. The lowest BCUT2D eigenvalue weighted by Gasteiger charge is -2.26. The number of hydrogen-bond acceptors (Lipinski definition) is 4. The minimum absolute atomic E-state index is 0.0513. The van der Waals surface area contributed by atoms with E-state index in [1.54, 1.807) is 44.4 Å². The molecule has 0 bridgehead atoms. The monoisotopic (exact) mass is 491 g/mol. The first kappa shape index (κ1) is 25.1. The summed E-state index contributed by atoms with van der Waals surface area (Å²) in [5.41, 5.74) is 2.76. The summed E-state index contributed by atoms with van der Waals surface area (Å²) < 4.78 is 34.0. The van der Waals surface area contributed by atoms with Crippen molar-refractivity contribution in [1.29, 1.82) is 0 Å². The third kappa shape index (κ3) is 4.26. The van der Waals surface area contributed by atoms with Gasteiger partial charge in [-0.1, -0.05) is 43.7 Å². The van der Waals surface area contributed by atoms with Gasteiger partial charge >= 0.3 is 0 Å². The molecule has 0 radical (unpaired) electrons. The summed E-state index contributed by atoms with van der Waals surface area (Å²) in [6, 6.07) is 12.2. The Bertz CT molecular complexity index is 1410. The Hall–Kier alpha value is -4.00. The van der Waals surface area contributed by atoms with Gasteiger partial charge in [0.1, 0.15) is 23.1 Å². The normalized spacial score (nSPS) is 17.2. The number of nitrogens with zero attached hydrogens (tertiary/aromatic N) is 1. The quantitative estimate of drug-likeness (QED) is 0.257. The van der Waals surface area contributed by atoms with E-state index in [2.05, 4.69) is 0 Å². The van der Waals surface area contributed by atoms with Crippen molar-refractivity contribution in [3.8, 4) is 5.75 Å². The van der Waals surface area contributed by atoms with E-state index in [1.807, 2.05) is 26.8 Å². The molecule has 3 aromatic rings. The van der Waals surface area contributed by atoms with Gasteiger partial charge in [0.05, 0.1) is 24.4 Å². The van der Waals surface area contributed by atoms with Crippen LogP contribution < -0.4 is 9.64 Å². The van der Waals surface area contributed by atoms with Crippen molar-refractivity contribution in [2.24, 2.45) is 0 Å². The molecule has 3 aromatic carbocycles. The molecule has 7 heteroatoms. The molecule has 1 unspecified atom stereocenters. The van der Waals surface area contributed by atoms with Crippen molar-refractivity contribution in [3.63, 3.8) is 0 Å². The van der Waals surface area contributed by atoms with Crippen LogP contribution in [-0.4, -0.2) is 23.9 Å². The standard InChI is InChI=1S/C29H27F2NO4/c1-15(2)20-14-21(17(4)12-24(20)36-5)27(33)25-26(18-8-6-7-16(3)11-18)32(29(35)28(25)34)23-10-9-19(30)13-22(23)31/h6-15,26,33H,1-5H3/b27-25+. The van der Waals surface area contributed by atoms with Crippen LogP contribution in [0.25, 0.3) is 5.76 Å². The van der Waals surface area contributed by atoms with Crippen LogP contribution in [0.4, 0.5) is 14.5 Å². The van der Waals surface area contributed by atoms with Crippen LogP contribution in [0, 0.1) is 25.5 Å². The van der Waals surface area contributed by atoms with E-state index in [-0.39, 0.29) is 22.9 Å². The van der Waals surface area contributed by atoms with E-state index in [4.69, 9.17) is 4.74 Å². The van der Waals surface area contributed by atoms with Gasteiger partial charge in [-0.05, 0) is 60.7 Å². The summed E-state index contributed by atoms with van der Waals surface area (Å²) in [6.07, 6.45) is 0. The summed E-state index contributed by atoms with van der Waals surface area (Å²) in [4.78, 5) is 27.6. The largest absolute Gasteiger partial charge is 0.507 e. The zero-order valence-corrected chi connectivity index (χ0v) is 20.7. The van der Waals surface area contributed by atoms with Crippen molar-refractivity contribution in [2.45, 2.75) is 39.7 Å². The Morgan fingerprint density at radius 2 is 1.75 bits per heavy atom. The number of halogens is 2. The number of aryl methyl sites for hydroxylation is 2. The topological polar surface area (TPSA) is 66.8 Å². The van der Waals surface area contributed by atoms with Crippen LogP contribution in [0.3, 0.4) is 0 Å². The molecule has 1 aliphatic heterocycles. The molecule has 4 rings (SSSR count). The predicted octanol–water partition coefficient (Wildman–Crippen LogP) is 6.34. The molecule has 0 aliphatic carbocycles. The molecule has 1 N–H and O–H groups in total. The number of ether oxygens (including phenoxy) is 1. The minimum Gasteiger partial charge on any atom is -0.507 e. The first-order valence-electron chi connectivity index (χ1n) is 11.6. The summed E-state index contributed by atoms with van der Waals surface area (Å²) in [5, 5.41) is 11.5. The molecule has 186 valence electrons. The van der Waals surface area contributed by atoms with Crippen molar-refractivity contribution < 1.29 is 28.2 Å². The molecular formula is C29H27F2NO4. The first-order chi connectivity index (χ1) is 17.0. The van der Waals surface area contributed by atoms with E-state index >= 15 is 0 Å². The second-order valence-electron chi connectivity index (χ2n) is 9.24. The van der Waals surface area contributed by atoms with Crippen molar-refractivity contribution in [1.82, 2.24) is 0 Å². The molecule has 1 amide bonds. The number of hydrogen-bond donors (Lipinski definition) is 1. The fourth-order valence-electron chi connectivity index (χ4n) is 4.64. The summed E-state index contributed by atoms with van der Waals surface area (Å²) in [7, 11) is 1.56. The fraction of sp³-hybridized carbons (Fsp3) is 0.241. The van der Waals surface area contributed by atoms with Gasteiger partial charge in [-0.2, -0.15) is 0 Å². The first-order valence-corrected chi connectivity index (χ1v) is 11.6. The van der Waals surface area contributed by atoms with Gasteiger partial charge in [0.15, 0.2) is 0 Å². The molecule has 0 aromatic heterocycles. The Balaban J connectivity index is 2.01. The number of ketones is 1. The van der Waals surface area contributed by atoms with Crippen LogP contribution in [-0.2, 0) is 9.59 Å². The Morgan fingerprint density at radius 3 is 2.36 bits per heavy atom. The third-order valence-electron chi connectivity index (χ3n) is 6.43. The molecular weight excluding hydrogens is 464 g/mol. The van der Waals surface area contributed by atoms with E-state index in [0.29, 0.717) is 28.5 Å². The number of carbonyl (C=O) groups is 2. The number of benzene rings is 3. The van der Waals surface area contributed by atoms with Gasteiger partial charge < -0.3 is 9.84 Å². The number of carbonyl (C=O) groups excluding carboxylic acids is 2. The third-order valence-corrected chi connectivity index (χ3v) is 6.43. The maximum absolute atomic E-state index is 14.9. The molecule has 1 aliphatic rings. The lowest BCUT2D eigenvalue weighted by molar-refractivity contribution is -0.132. The smallest absolute Gasteiger partial charge is 0.300 e. The SMILES string of the molecule is COc1cc(C)c(/C(O)=C2\C(=O)C(=O)N(c3ccc(F)cc3F)C2c2cccc(C)c2)cc1C(C)C. The molecule has 0 spiro atoms. The lowest BCUT2D eigenvalue weighted by Crippen LogP contribution is -2.30. The van der Waals surface area contributed by atoms with Gasteiger partial charge in [0, 0.05) is 11.6 Å². The maximum atomic E-state index is 14.9. The molecule has 0 saturated carbocycles. The molecule has 1 saturated heterocycles. The van der Waals surface area contributed by atoms with Gasteiger partial charge in [-0.15, -0.1) is 0 Å². The van der Waals surface area contributed by atoms with E-state index in [0.717, 1.165) is 28.2 Å². The molecule has 36 heavy (non-hydrogen) atoms. The average molecular weight is 492 g/mol. The van der Waals surface area contributed by atoms with Crippen molar-refractivity contribution >= 4 is 23.1 Å². The predicted molar refractivity (Wildman–Crippen MR) is 134 cm³/mol. The number of methoxy groups -OCH3 is 1.